The van der Waals surface area contributed by atoms with Gasteiger partial charge in [0.25, 0.3) is 0 Å². The Morgan fingerprint density at radius 1 is 1.38 bits per heavy atom. The van der Waals surface area contributed by atoms with E-state index in [0.29, 0.717) is 11.7 Å². The van der Waals surface area contributed by atoms with Crippen molar-refractivity contribution in [3.63, 3.8) is 0 Å². The van der Waals surface area contributed by atoms with Crippen molar-refractivity contribution in [2.24, 2.45) is 0 Å². The molecular formula is C17H23N5OS. The van der Waals surface area contributed by atoms with Crippen molar-refractivity contribution >= 4 is 17.7 Å². The summed E-state index contributed by atoms with van der Waals surface area (Å²) in [6.45, 7) is 12.1. The molecule has 0 aliphatic rings. The molecule has 1 atom stereocenters. The molecule has 2 aromatic rings. The third kappa shape index (κ3) is 4.67. The molecular weight excluding hydrogens is 322 g/mol. The molecule has 0 bridgehead atoms. The standard InChI is InChI=1S/C17H23N5OS/c1-6-11-22-14(13-7-9-18-10-8-13)20-21-16(22)24-12(2)15(23)19-17(3,4)5/h6-10,12H,1,11H2,2-5H3,(H,19,23)/t12-/m1/s1. The van der Waals surface area contributed by atoms with Gasteiger partial charge in [-0.3, -0.25) is 14.3 Å². The number of aromatic nitrogens is 4. The van der Waals surface area contributed by atoms with Crippen LogP contribution in [0.15, 0.2) is 42.3 Å². The summed E-state index contributed by atoms with van der Waals surface area (Å²) in [7, 11) is 0. The Kier molecular flexibility index (Phi) is 5.77. The molecule has 2 rings (SSSR count). The summed E-state index contributed by atoms with van der Waals surface area (Å²) in [4.78, 5) is 16.3. The van der Waals surface area contributed by atoms with Crippen LogP contribution in [0.4, 0.5) is 0 Å². The molecule has 6 nitrogen and oxygen atoms in total. The average Bonchev–Trinajstić information content (AvgIpc) is 2.90. The molecule has 128 valence electrons. The minimum Gasteiger partial charge on any atom is -0.351 e. The first-order valence-electron chi connectivity index (χ1n) is 7.75. The molecule has 0 fully saturated rings. The van der Waals surface area contributed by atoms with E-state index in [4.69, 9.17) is 0 Å². The van der Waals surface area contributed by atoms with Gasteiger partial charge in [0.05, 0.1) is 5.25 Å². The Balaban J connectivity index is 2.23. The van der Waals surface area contributed by atoms with Crippen LogP contribution < -0.4 is 5.32 Å². The fourth-order valence-corrected chi connectivity index (χ4v) is 2.93. The number of hydrogen-bond donors (Lipinski definition) is 1. The Hall–Kier alpha value is -2.15. The highest BCUT2D eigenvalue weighted by Gasteiger charge is 2.23. The van der Waals surface area contributed by atoms with E-state index in [9.17, 15) is 4.79 Å². The van der Waals surface area contributed by atoms with E-state index in [1.165, 1.54) is 11.8 Å². The lowest BCUT2D eigenvalue weighted by atomic mass is 10.1. The number of nitrogens with one attached hydrogen (secondary N) is 1. The maximum absolute atomic E-state index is 12.3. The largest absolute Gasteiger partial charge is 0.351 e. The molecule has 2 heterocycles. The van der Waals surface area contributed by atoms with Gasteiger partial charge in [-0.25, -0.2) is 0 Å². The number of thioether (sulfide) groups is 1. The van der Waals surface area contributed by atoms with Crippen molar-refractivity contribution in [1.29, 1.82) is 0 Å². The van der Waals surface area contributed by atoms with Gasteiger partial charge in [0.2, 0.25) is 5.91 Å². The highest BCUT2D eigenvalue weighted by Crippen LogP contribution is 2.27. The molecule has 0 radical (unpaired) electrons. The van der Waals surface area contributed by atoms with Gasteiger partial charge in [-0.1, -0.05) is 17.8 Å². The number of nitrogens with zero attached hydrogens (tertiary/aromatic N) is 4. The SMILES string of the molecule is C=CCn1c(S[C@H](C)C(=O)NC(C)(C)C)nnc1-c1ccncc1. The van der Waals surface area contributed by atoms with Crippen LogP contribution in [0.1, 0.15) is 27.7 Å². The maximum Gasteiger partial charge on any atom is 0.233 e. The zero-order valence-corrected chi connectivity index (χ0v) is 15.3. The van der Waals surface area contributed by atoms with Gasteiger partial charge in [0, 0.05) is 30.0 Å². The molecule has 0 unspecified atom stereocenters. The Morgan fingerprint density at radius 2 is 2.04 bits per heavy atom. The van der Waals surface area contributed by atoms with Crippen molar-refractivity contribution in [2.75, 3.05) is 0 Å². The van der Waals surface area contributed by atoms with Gasteiger partial charge in [0.15, 0.2) is 11.0 Å². The van der Waals surface area contributed by atoms with E-state index < -0.39 is 0 Å². The molecule has 0 aliphatic carbocycles. The molecule has 1 amide bonds. The first kappa shape index (κ1) is 18.2. The molecule has 2 aromatic heterocycles. The number of pyridine rings is 1. The summed E-state index contributed by atoms with van der Waals surface area (Å²) < 4.78 is 1.95. The summed E-state index contributed by atoms with van der Waals surface area (Å²) >= 11 is 1.39. The van der Waals surface area contributed by atoms with Crippen LogP contribution in [-0.4, -0.2) is 36.4 Å². The van der Waals surface area contributed by atoms with Crippen molar-refractivity contribution in [3.05, 3.63) is 37.2 Å². The first-order chi connectivity index (χ1) is 11.3. The van der Waals surface area contributed by atoms with Gasteiger partial charge in [0.1, 0.15) is 0 Å². The fraction of sp³-hybridized carbons (Fsp3) is 0.412. The minimum absolute atomic E-state index is 0.0221. The predicted molar refractivity (Wildman–Crippen MR) is 96.7 cm³/mol. The Bertz CT molecular complexity index is 706. The normalized spacial score (nSPS) is 12.7. The van der Waals surface area contributed by atoms with Crippen molar-refractivity contribution in [1.82, 2.24) is 25.1 Å². The lowest BCUT2D eigenvalue weighted by molar-refractivity contribution is -0.121. The summed E-state index contributed by atoms with van der Waals surface area (Å²) in [6, 6.07) is 3.77. The summed E-state index contributed by atoms with van der Waals surface area (Å²) in [5, 5.41) is 11.9. The lowest BCUT2D eigenvalue weighted by Crippen LogP contribution is -2.44. The topological polar surface area (TPSA) is 72.7 Å². The van der Waals surface area contributed by atoms with Crippen molar-refractivity contribution in [2.45, 2.75) is 50.2 Å². The van der Waals surface area contributed by atoms with Crippen LogP contribution in [0, 0.1) is 0 Å². The smallest absolute Gasteiger partial charge is 0.233 e. The first-order valence-corrected chi connectivity index (χ1v) is 8.63. The second-order valence-corrected chi connectivity index (χ2v) is 7.75. The monoisotopic (exact) mass is 345 g/mol. The number of carbonyl (C=O) groups is 1. The van der Waals surface area contributed by atoms with E-state index in [1.54, 1.807) is 18.5 Å². The number of amides is 1. The molecule has 0 saturated carbocycles. The highest BCUT2D eigenvalue weighted by atomic mass is 32.2. The second kappa shape index (κ2) is 7.61. The molecule has 1 N–H and O–H groups in total. The van der Waals surface area contributed by atoms with E-state index in [0.717, 1.165) is 11.4 Å². The van der Waals surface area contributed by atoms with E-state index in [-0.39, 0.29) is 16.7 Å². The van der Waals surface area contributed by atoms with E-state index in [1.807, 2.05) is 44.4 Å². The fourth-order valence-electron chi connectivity index (χ4n) is 2.07. The van der Waals surface area contributed by atoms with Gasteiger partial charge in [-0.2, -0.15) is 0 Å². The molecule has 0 spiro atoms. The Labute approximate surface area is 146 Å². The quantitative estimate of drug-likeness (QED) is 0.644. The summed E-state index contributed by atoms with van der Waals surface area (Å²) in [5.74, 6) is 0.717. The number of carbonyl (C=O) groups excluding carboxylic acids is 1. The summed E-state index contributed by atoms with van der Waals surface area (Å²) in [6.07, 6.45) is 5.22. The third-order valence-corrected chi connectivity index (χ3v) is 4.20. The molecule has 0 aliphatic heterocycles. The van der Waals surface area contributed by atoms with E-state index in [2.05, 4.69) is 27.1 Å². The van der Waals surface area contributed by atoms with Crippen LogP contribution in [-0.2, 0) is 11.3 Å². The number of rotatable bonds is 6. The molecule has 0 saturated heterocycles. The molecule has 7 heteroatoms. The second-order valence-electron chi connectivity index (χ2n) is 6.44. The molecule has 0 aromatic carbocycles. The predicted octanol–water partition coefficient (Wildman–Crippen LogP) is 2.92. The van der Waals surface area contributed by atoms with Crippen LogP contribution in [0.5, 0.6) is 0 Å². The minimum atomic E-state index is -0.276. The number of hydrogen-bond acceptors (Lipinski definition) is 5. The third-order valence-electron chi connectivity index (χ3n) is 3.12. The zero-order chi connectivity index (χ0) is 17.7. The maximum atomic E-state index is 12.3. The van der Waals surface area contributed by atoms with Crippen LogP contribution in [0.3, 0.4) is 0 Å². The Morgan fingerprint density at radius 3 is 2.62 bits per heavy atom. The lowest BCUT2D eigenvalue weighted by Gasteiger charge is -2.22. The molecule has 24 heavy (non-hydrogen) atoms. The van der Waals surface area contributed by atoms with Gasteiger partial charge in [-0.15, -0.1) is 16.8 Å². The van der Waals surface area contributed by atoms with Crippen LogP contribution >= 0.6 is 11.8 Å². The van der Waals surface area contributed by atoms with Crippen LogP contribution in [0.25, 0.3) is 11.4 Å². The van der Waals surface area contributed by atoms with Crippen molar-refractivity contribution in [3.8, 4) is 11.4 Å². The highest BCUT2D eigenvalue weighted by molar-refractivity contribution is 8.00. The van der Waals surface area contributed by atoms with Gasteiger partial charge >= 0.3 is 0 Å². The van der Waals surface area contributed by atoms with E-state index >= 15 is 0 Å². The van der Waals surface area contributed by atoms with Gasteiger partial charge < -0.3 is 5.32 Å². The number of allylic oxidation sites excluding steroid dienone is 1. The summed E-state index contributed by atoms with van der Waals surface area (Å²) in [5.41, 5.74) is 0.668. The average molecular weight is 345 g/mol. The zero-order valence-electron chi connectivity index (χ0n) is 14.5. The van der Waals surface area contributed by atoms with Gasteiger partial charge in [-0.05, 0) is 39.8 Å². The van der Waals surface area contributed by atoms with Crippen molar-refractivity contribution < 1.29 is 4.79 Å². The van der Waals surface area contributed by atoms with Crippen LogP contribution in [0.2, 0.25) is 0 Å².